The summed E-state index contributed by atoms with van der Waals surface area (Å²) in [5.74, 6) is 0.606. The van der Waals surface area contributed by atoms with Gasteiger partial charge in [-0.3, -0.25) is 4.57 Å². The second kappa shape index (κ2) is 6.48. The van der Waals surface area contributed by atoms with Gasteiger partial charge in [-0.05, 0) is 23.3 Å². The fourth-order valence-electron chi connectivity index (χ4n) is 1.86. The van der Waals surface area contributed by atoms with Gasteiger partial charge in [0, 0.05) is 25.0 Å². The maximum atomic E-state index is 12.7. The number of rotatable bonds is 8. The third-order valence-electron chi connectivity index (χ3n) is 3.12. The molecule has 1 saturated carbocycles. The summed E-state index contributed by atoms with van der Waals surface area (Å²) in [5.41, 5.74) is 0. The van der Waals surface area contributed by atoms with Crippen molar-refractivity contribution in [3.63, 3.8) is 0 Å². The van der Waals surface area contributed by atoms with E-state index < -0.39 is 6.55 Å². The van der Waals surface area contributed by atoms with Gasteiger partial charge in [0.2, 0.25) is 5.16 Å². The smallest absolute Gasteiger partial charge is 0.312 e. The van der Waals surface area contributed by atoms with Crippen molar-refractivity contribution < 1.29 is 8.78 Å². The molecule has 1 fully saturated rings. The zero-order valence-electron chi connectivity index (χ0n) is 11.2. The standard InChI is InChI=1S/C11H15F2N7S/c12-10(13)19-5-3-15-9(19)7-21-11-16-17-18-20(11)6-4-14-8-1-2-8/h3,5,8,10,14H,1-2,4,6-7H2. The SMILES string of the molecule is FC(F)n1ccnc1CSc1nnnn1CCNC1CC1. The Morgan fingerprint density at radius 2 is 2.29 bits per heavy atom. The van der Waals surface area contributed by atoms with E-state index in [1.54, 1.807) is 4.68 Å². The molecule has 21 heavy (non-hydrogen) atoms. The topological polar surface area (TPSA) is 73.5 Å². The first-order valence-corrected chi connectivity index (χ1v) is 7.65. The minimum atomic E-state index is -2.58. The third-order valence-corrected chi connectivity index (χ3v) is 4.08. The highest BCUT2D eigenvalue weighted by atomic mass is 32.2. The number of alkyl halides is 2. The first kappa shape index (κ1) is 14.4. The lowest BCUT2D eigenvalue weighted by molar-refractivity contribution is 0.0678. The summed E-state index contributed by atoms with van der Waals surface area (Å²) in [4.78, 5) is 3.93. The van der Waals surface area contributed by atoms with Crippen molar-refractivity contribution >= 4 is 11.8 Å². The molecule has 0 atom stereocenters. The van der Waals surface area contributed by atoms with Crippen LogP contribution in [0.3, 0.4) is 0 Å². The van der Waals surface area contributed by atoms with Gasteiger partial charge in [0.05, 0.1) is 12.3 Å². The van der Waals surface area contributed by atoms with E-state index in [2.05, 4.69) is 25.8 Å². The van der Waals surface area contributed by atoms with Crippen molar-refractivity contribution in [2.45, 2.75) is 42.9 Å². The molecule has 0 aromatic carbocycles. The van der Waals surface area contributed by atoms with Crippen molar-refractivity contribution in [3.8, 4) is 0 Å². The van der Waals surface area contributed by atoms with E-state index in [0.29, 0.717) is 29.3 Å². The normalized spacial score (nSPS) is 15.0. The van der Waals surface area contributed by atoms with Crippen LogP contribution < -0.4 is 5.32 Å². The Hall–Kier alpha value is -1.55. The number of nitrogens with one attached hydrogen (secondary N) is 1. The quantitative estimate of drug-likeness (QED) is 0.741. The molecule has 2 aromatic heterocycles. The fourth-order valence-corrected chi connectivity index (χ4v) is 2.72. The maximum absolute atomic E-state index is 12.7. The minimum Gasteiger partial charge on any atom is -0.312 e. The lowest BCUT2D eigenvalue weighted by Crippen LogP contribution is -2.22. The van der Waals surface area contributed by atoms with E-state index >= 15 is 0 Å². The van der Waals surface area contributed by atoms with E-state index in [-0.39, 0.29) is 0 Å². The molecule has 2 heterocycles. The molecular formula is C11H15F2N7S. The average molecular weight is 315 g/mol. The van der Waals surface area contributed by atoms with Crippen molar-refractivity contribution in [1.82, 2.24) is 35.1 Å². The minimum absolute atomic E-state index is 0.299. The van der Waals surface area contributed by atoms with E-state index in [0.717, 1.165) is 11.1 Å². The van der Waals surface area contributed by atoms with Gasteiger partial charge in [0.25, 0.3) is 0 Å². The fraction of sp³-hybridized carbons (Fsp3) is 0.636. The number of halogens is 2. The summed E-state index contributed by atoms with van der Waals surface area (Å²) in [6, 6.07) is 0.635. The van der Waals surface area contributed by atoms with E-state index in [1.165, 1.54) is 37.0 Å². The van der Waals surface area contributed by atoms with Crippen LogP contribution >= 0.6 is 11.8 Å². The summed E-state index contributed by atoms with van der Waals surface area (Å²) in [7, 11) is 0. The van der Waals surface area contributed by atoms with Crippen molar-refractivity contribution in [2.24, 2.45) is 0 Å². The molecule has 0 unspecified atom stereocenters. The molecule has 1 N–H and O–H groups in total. The number of hydrogen-bond donors (Lipinski definition) is 1. The molecule has 114 valence electrons. The van der Waals surface area contributed by atoms with Gasteiger partial charge in [0.15, 0.2) is 0 Å². The largest absolute Gasteiger partial charge is 0.319 e. The summed E-state index contributed by atoms with van der Waals surface area (Å²) < 4.78 is 27.9. The van der Waals surface area contributed by atoms with Crippen LogP contribution in [-0.4, -0.2) is 42.3 Å². The zero-order chi connectivity index (χ0) is 14.7. The first-order chi connectivity index (χ1) is 10.2. The molecule has 0 bridgehead atoms. The Morgan fingerprint density at radius 3 is 3.05 bits per heavy atom. The number of aromatic nitrogens is 6. The molecule has 2 aromatic rings. The number of tetrazole rings is 1. The molecule has 0 aliphatic heterocycles. The molecule has 7 nitrogen and oxygen atoms in total. The zero-order valence-corrected chi connectivity index (χ0v) is 12.0. The van der Waals surface area contributed by atoms with Gasteiger partial charge in [-0.1, -0.05) is 11.8 Å². The van der Waals surface area contributed by atoms with E-state index in [1.807, 2.05) is 0 Å². The second-order valence-corrected chi connectivity index (χ2v) is 5.67. The van der Waals surface area contributed by atoms with E-state index in [9.17, 15) is 8.78 Å². The molecule has 3 rings (SSSR count). The summed E-state index contributed by atoms with van der Waals surface area (Å²) in [6.07, 6.45) is 5.09. The van der Waals surface area contributed by atoms with Crippen LogP contribution in [0.15, 0.2) is 17.6 Å². The number of imidazole rings is 1. The Bertz CT molecular complexity index is 581. The van der Waals surface area contributed by atoms with Crippen LogP contribution in [0, 0.1) is 0 Å². The van der Waals surface area contributed by atoms with E-state index in [4.69, 9.17) is 0 Å². The molecule has 0 saturated heterocycles. The van der Waals surface area contributed by atoms with Crippen molar-refractivity contribution in [2.75, 3.05) is 6.54 Å². The molecule has 0 spiro atoms. The van der Waals surface area contributed by atoms with Gasteiger partial charge in [-0.2, -0.15) is 8.78 Å². The number of nitrogens with zero attached hydrogens (tertiary/aromatic N) is 6. The van der Waals surface area contributed by atoms with Gasteiger partial charge in [-0.25, -0.2) is 9.67 Å². The van der Waals surface area contributed by atoms with Crippen LogP contribution in [0.5, 0.6) is 0 Å². The van der Waals surface area contributed by atoms with Crippen LogP contribution in [0.2, 0.25) is 0 Å². The van der Waals surface area contributed by atoms with Crippen molar-refractivity contribution in [3.05, 3.63) is 18.2 Å². The highest BCUT2D eigenvalue weighted by Gasteiger charge is 2.20. The Labute approximate surface area is 124 Å². The monoisotopic (exact) mass is 315 g/mol. The maximum Gasteiger partial charge on any atom is 0.319 e. The molecule has 0 radical (unpaired) electrons. The summed E-state index contributed by atoms with van der Waals surface area (Å²) in [6.45, 7) is -1.12. The lowest BCUT2D eigenvalue weighted by atomic mass is 10.6. The van der Waals surface area contributed by atoms with Crippen molar-refractivity contribution in [1.29, 1.82) is 0 Å². The second-order valence-electron chi connectivity index (χ2n) is 4.73. The van der Waals surface area contributed by atoms with Crippen LogP contribution in [0.25, 0.3) is 0 Å². The highest BCUT2D eigenvalue weighted by molar-refractivity contribution is 7.98. The van der Waals surface area contributed by atoms with Gasteiger partial charge in [-0.15, -0.1) is 5.10 Å². The average Bonchev–Trinajstić information content (AvgIpc) is 2.99. The predicted molar refractivity (Wildman–Crippen MR) is 71.9 cm³/mol. The molecule has 0 amide bonds. The van der Waals surface area contributed by atoms with Crippen LogP contribution in [0.4, 0.5) is 8.78 Å². The van der Waals surface area contributed by atoms with Gasteiger partial charge < -0.3 is 5.32 Å². The lowest BCUT2D eigenvalue weighted by Gasteiger charge is -2.07. The Morgan fingerprint density at radius 1 is 1.43 bits per heavy atom. The predicted octanol–water partition coefficient (Wildman–Crippen LogP) is 1.31. The van der Waals surface area contributed by atoms with Crippen LogP contribution in [-0.2, 0) is 12.3 Å². The van der Waals surface area contributed by atoms with Gasteiger partial charge in [0.1, 0.15) is 5.82 Å². The summed E-state index contributed by atoms with van der Waals surface area (Å²) >= 11 is 1.30. The highest BCUT2D eigenvalue weighted by Crippen LogP contribution is 2.22. The third kappa shape index (κ3) is 3.76. The van der Waals surface area contributed by atoms with Gasteiger partial charge >= 0.3 is 6.55 Å². The molecule has 1 aliphatic carbocycles. The van der Waals surface area contributed by atoms with Crippen LogP contribution in [0.1, 0.15) is 25.2 Å². The molecule has 1 aliphatic rings. The Balaban J connectivity index is 1.54. The molecular weight excluding hydrogens is 300 g/mol. The number of thioether (sulfide) groups is 1. The first-order valence-electron chi connectivity index (χ1n) is 6.66. The summed E-state index contributed by atoms with van der Waals surface area (Å²) in [5, 5.41) is 15.4. The number of hydrogen-bond acceptors (Lipinski definition) is 6. The Kier molecular flexibility index (Phi) is 4.44. The molecule has 10 heteroatoms.